The number of carbonyl (C=O) groups excluding carboxylic acids is 2. The van der Waals surface area contributed by atoms with Crippen molar-refractivity contribution < 1.29 is 14.7 Å². The van der Waals surface area contributed by atoms with Crippen LogP contribution >= 0.6 is 0 Å². The van der Waals surface area contributed by atoms with Crippen LogP contribution in [0.2, 0.25) is 0 Å². The van der Waals surface area contributed by atoms with Crippen molar-refractivity contribution in [3.63, 3.8) is 0 Å². The highest BCUT2D eigenvalue weighted by Crippen LogP contribution is 2.47. The number of amides is 1. The van der Waals surface area contributed by atoms with Gasteiger partial charge in [0.25, 0.3) is 0 Å². The highest BCUT2D eigenvalue weighted by Gasteiger charge is 2.40. The first-order valence-corrected chi connectivity index (χ1v) is 9.20. The third-order valence-corrected chi connectivity index (χ3v) is 5.81. The van der Waals surface area contributed by atoms with Crippen molar-refractivity contribution in [2.24, 2.45) is 5.41 Å². The Morgan fingerprint density at radius 2 is 1.84 bits per heavy atom. The quantitative estimate of drug-likeness (QED) is 0.833. The first-order valence-electron chi connectivity index (χ1n) is 9.20. The Kier molecular flexibility index (Phi) is 4.98. The Balaban J connectivity index is 1.68. The van der Waals surface area contributed by atoms with Gasteiger partial charge in [-0.2, -0.15) is 0 Å². The van der Waals surface area contributed by atoms with E-state index >= 15 is 0 Å². The number of ketones is 1. The SMILES string of the molecule is Cc1ccc(NC(=O)CC2=C(O)CC3(CCCCC3)CC2=O)cc1C. The fourth-order valence-corrected chi connectivity index (χ4v) is 4.17. The van der Waals surface area contributed by atoms with Gasteiger partial charge in [0, 0.05) is 24.1 Å². The summed E-state index contributed by atoms with van der Waals surface area (Å²) in [4.78, 5) is 24.9. The van der Waals surface area contributed by atoms with E-state index in [1.54, 1.807) is 0 Å². The Morgan fingerprint density at radius 3 is 2.48 bits per heavy atom. The van der Waals surface area contributed by atoms with E-state index in [1.807, 2.05) is 32.0 Å². The van der Waals surface area contributed by atoms with E-state index < -0.39 is 0 Å². The molecule has 1 aromatic carbocycles. The maximum atomic E-state index is 12.6. The standard InChI is InChI=1S/C21H27NO3/c1-14-6-7-16(10-15(14)2)22-20(25)11-17-18(23)12-21(13-19(17)24)8-4-3-5-9-21/h6-7,10,23H,3-5,8-9,11-13H2,1-2H3,(H,22,25). The molecule has 1 saturated carbocycles. The van der Waals surface area contributed by atoms with Crippen LogP contribution in [0.15, 0.2) is 29.5 Å². The fraction of sp³-hybridized carbons (Fsp3) is 0.524. The molecule has 0 saturated heterocycles. The van der Waals surface area contributed by atoms with Gasteiger partial charge in [0.1, 0.15) is 5.76 Å². The molecule has 3 rings (SSSR count). The summed E-state index contributed by atoms with van der Waals surface area (Å²) in [5, 5.41) is 13.3. The molecule has 0 atom stereocenters. The zero-order chi connectivity index (χ0) is 18.0. The lowest BCUT2D eigenvalue weighted by Gasteiger charge is -2.39. The third-order valence-electron chi connectivity index (χ3n) is 5.81. The second-order valence-electron chi connectivity index (χ2n) is 7.79. The molecule has 0 aromatic heterocycles. The molecule has 1 fully saturated rings. The normalized spacial score (nSPS) is 20.0. The highest BCUT2D eigenvalue weighted by molar-refractivity contribution is 6.04. The Morgan fingerprint density at radius 1 is 1.12 bits per heavy atom. The van der Waals surface area contributed by atoms with Crippen LogP contribution in [0.4, 0.5) is 5.69 Å². The molecule has 2 aliphatic rings. The summed E-state index contributed by atoms with van der Waals surface area (Å²) in [7, 11) is 0. The molecule has 4 heteroatoms. The second kappa shape index (κ2) is 7.03. The molecule has 1 spiro atoms. The zero-order valence-corrected chi connectivity index (χ0v) is 15.2. The van der Waals surface area contributed by atoms with E-state index in [0.29, 0.717) is 18.4 Å². The number of hydrogen-bond acceptors (Lipinski definition) is 3. The van der Waals surface area contributed by atoms with E-state index in [1.165, 1.54) is 12.0 Å². The van der Waals surface area contributed by atoms with Gasteiger partial charge in [0.15, 0.2) is 5.78 Å². The second-order valence-corrected chi connectivity index (χ2v) is 7.79. The van der Waals surface area contributed by atoms with Crippen LogP contribution in [0.5, 0.6) is 0 Å². The summed E-state index contributed by atoms with van der Waals surface area (Å²) in [6, 6.07) is 5.73. The van der Waals surface area contributed by atoms with Crippen molar-refractivity contribution in [3.8, 4) is 0 Å². The number of aryl methyl sites for hydroxylation is 2. The fourth-order valence-electron chi connectivity index (χ4n) is 4.17. The van der Waals surface area contributed by atoms with Gasteiger partial charge in [-0.15, -0.1) is 0 Å². The average Bonchev–Trinajstić information content (AvgIpc) is 2.55. The molecule has 134 valence electrons. The van der Waals surface area contributed by atoms with Gasteiger partial charge in [-0.3, -0.25) is 9.59 Å². The lowest BCUT2D eigenvalue weighted by Crippen LogP contribution is -2.34. The summed E-state index contributed by atoms with van der Waals surface area (Å²) in [6.45, 7) is 4.01. The van der Waals surface area contributed by atoms with Gasteiger partial charge >= 0.3 is 0 Å². The lowest BCUT2D eigenvalue weighted by molar-refractivity contribution is -0.122. The molecule has 0 bridgehead atoms. The minimum absolute atomic E-state index is 0.0479. The molecule has 1 amide bonds. The summed E-state index contributed by atoms with van der Waals surface area (Å²) in [5.41, 5.74) is 3.23. The maximum Gasteiger partial charge on any atom is 0.229 e. The summed E-state index contributed by atoms with van der Waals surface area (Å²) >= 11 is 0. The van der Waals surface area contributed by atoms with Crippen LogP contribution < -0.4 is 5.32 Å². The molecular weight excluding hydrogens is 314 g/mol. The van der Waals surface area contributed by atoms with Crippen LogP contribution in [-0.2, 0) is 9.59 Å². The topological polar surface area (TPSA) is 66.4 Å². The van der Waals surface area contributed by atoms with Gasteiger partial charge < -0.3 is 10.4 Å². The highest BCUT2D eigenvalue weighted by atomic mass is 16.3. The Labute approximate surface area is 149 Å². The van der Waals surface area contributed by atoms with Crippen LogP contribution in [0.1, 0.15) is 62.5 Å². The average molecular weight is 341 g/mol. The van der Waals surface area contributed by atoms with Crippen molar-refractivity contribution in [2.45, 2.75) is 65.2 Å². The van der Waals surface area contributed by atoms with E-state index in [0.717, 1.165) is 36.9 Å². The van der Waals surface area contributed by atoms with Gasteiger partial charge in [-0.1, -0.05) is 25.3 Å². The van der Waals surface area contributed by atoms with E-state index in [2.05, 4.69) is 5.32 Å². The smallest absolute Gasteiger partial charge is 0.229 e. The first-order chi connectivity index (χ1) is 11.9. The number of benzene rings is 1. The van der Waals surface area contributed by atoms with Crippen molar-refractivity contribution in [1.29, 1.82) is 0 Å². The predicted octanol–water partition coefficient (Wildman–Crippen LogP) is 4.76. The Bertz CT molecular complexity index is 727. The van der Waals surface area contributed by atoms with E-state index in [4.69, 9.17) is 0 Å². The van der Waals surface area contributed by atoms with E-state index in [-0.39, 0.29) is 29.3 Å². The minimum atomic E-state index is -0.252. The number of aliphatic hydroxyl groups is 1. The molecule has 2 N–H and O–H groups in total. The summed E-state index contributed by atoms with van der Waals surface area (Å²) in [6.07, 6.45) is 6.45. The number of hydrogen-bond donors (Lipinski definition) is 2. The molecule has 25 heavy (non-hydrogen) atoms. The van der Waals surface area contributed by atoms with Crippen molar-refractivity contribution in [2.75, 3.05) is 5.32 Å². The van der Waals surface area contributed by atoms with Crippen molar-refractivity contribution >= 4 is 17.4 Å². The van der Waals surface area contributed by atoms with Gasteiger partial charge in [-0.25, -0.2) is 0 Å². The molecule has 4 nitrogen and oxygen atoms in total. The number of rotatable bonds is 3. The largest absolute Gasteiger partial charge is 0.512 e. The van der Waals surface area contributed by atoms with E-state index in [9.17, 15) is 14.7 Å². The number of anilines is 1. The van der Waals surface area contributed by atoms with Crippen LogP contribution in [-0.4, -0.2) is 16.8 Å². The molecule has 0 heterocycles. The Hall–Kier alpha value is -2.10. The maximum absolute atomic E-state index is 12.6. The lowest BCUT2D eigenvalue weighted by atomic mass is 9.65. The van der Waals surface area contributed by atoms with Crippen molar-refractivity contribution in [3.05, 3.63) is 40.7 Å². The number of Topliss-reactive ketones (excluding diaryl/α,β-unsaturated/α-hetero) is 1. The van der Waals surface area contributed by atoms with Gasteiger partial charge in [-0.05, 0) is 55.4 Å². The molecule has 1 aromatic rings. The molecule has 0 unspecified atom stereocenters. The minimum Gasteiger partial charge on any atom is -0.512 e. The first kappa shape index (κ1) is 17.7. The van der Waals surface area contributed by atoms with Gasteiger partial charge in [0.05, 0.1) is 6.42 Å². The zero-order valence-electron chi connectivity index (χ0n) is 15.2. The third kappa shape index (κ3) is 3.94. The van der Waals surface area contributed by atoms with Crippen LogP contribution in [0.25, 0.3) is 0 Å². The number of allylic oxidation sites excluding steroid dienone is 1. The number of nitrogens with one attached hydrogen (secondary N) is 1. The van der Waals surface area contributed by atoms with Crippen LogP contribution in [0.3, 0.4) is 0 Å². The summed E-state index contributed by atoms with van der Waals surface area (Å²) in [5.74, 6) is -0.174. The molecule has 2 aliphatic carbocycles. The number of aliphatic hydroxyl groups excluding tert-OH is 1. The molecular formula is C21H27NO3. The van der Waals surface area contributed by atoms with Gasteiger partial charge in [0.2, 0.25) is 5.91 Å². The number of carbonyl (C=O) groups is 2. The molecule has 0 aliphatic heterocycles. The molecule has 0 radical (unpaired) electrons. The predicted molar refractivity (Wildman–Crippen MR) is 98.6 cm³/mol. The van der Waals surface area contributed by atoms with Crippen LogP contribution in [0, 0.1) is 19.3 Å². The summed E-state index contributed by atoms with van der Waals surface area (Å²) < 4.78 is 0. The van der Waals surface area contributed by atoms with Crippen molar-refractivity contribution in [1.82, 2.24) is 0 Å². The monoisotopic (exact) mass is 341 g/mol.